The molecule has 1 amide bonds. The van der Waals surface area contributed by atoms with Gasteiger partial charge < -0.3 is 5.32 Å². The van der Waals surface area contributed by atoms with Crippen LogP contribution in [0.2, 0.25) is 0 Å². The van der Waals surface area contributed by atoms with Gasteiger partial charge in [0.05, 0.1) is 17.0 Å². The van der Waals surface area contributed by atoms with Crippen LogP contribution in [0.15, 0.2) is 72.3 Å². The van der Waals surface area contributed by atoms with Gasteiger partial charge in [-0.2, -0.15) is 0 Å². The van der Waals surface area contributed by atoms with Crippen LogP contribution in [0.25, 0.3) is 16.6 Å². The molecule has 0 unspecified atom stereocenters. The minimum absolute atomic E-state index is 0.101. The molecule has 6 nitrogen and oxygen atoms in total. The van der Waals surface area contributed by atoms with Crippen molar-refractivity contribution in [3.8, 4) is 5.69 Å². The average Bonchev–Trinajstić information content (AvgIpc) is 3.21. The fraction of sp³-hybridized carbons (Fsp3) is 0.182. The standard InChI is InChI=1S/C22H21N5OS/c1-15(2)16-8-10-17(11-9-16)27-14-24-26-22(27)29-13-21(28)25-20-7-3-6-19-18(20)5-4-12-23-19/h3-12,14-15H,13H2,1-2H3,(H,25,28). The zero-order chi connectivity index (χ0) is 20.2. The molecular weight excluding hydrogens is 382 g/mol. The zero-order valence-corrected chi connectivity index (χ0v) is 17.1. The number of pyridine rings is 1. The fourth-order valence-electron chi connectivity index (χ4n) is 3.05. The summed E-state index contributed by atoms with van der Waals surface area (Å²) in [6.45, 7) is 4.33. The summed E-state index contributed by atoms with van der Waals surface area (Å²) >= 11 is 1.35. The number of aromatic nitrogens is 4. The number of rotatable bonds is 6. The number of carbonyl (C=O) groups excluding carboxylic acids is 1. The van der Waals surface area contributed by atoms with Crippen LogP contribution in [0.5, 0.6) is 0 Å². The maximum atomic E-state index is 12.5. The SMILES string of the molecule is CC(C)c1ccc(-n2cnnc2SCC(=O)Nc2cccc3ncccc23)cc1. The molecule has 0 radical (unpaired) electrons. The van der Waals surface area contributed by atoms with Crippen LogP contribution < -0.4 is 5.32 Å². The molecule has 2 heterocycles. The van der Waals surface area contributed by atoms with Crippen molar-refractivity contribution < 1.29 is 4.79 Å². The predicted octanol–water partition coefficient (Wildman–Crippen LogP) is 4.67. The number of hydrogen-bond donors (Lipinski definition) is 1. The smallest absolute Gasteiger partial charge is 0.234 e. The lowest BCUT2D eigenvalue weighted by Crippen LogP contribution is -2.14. The van der Waals surface area contributed by atoms with Crippen LogP contribution in [0, 0.1) is 0 Å². The topological polar surface area (TPSA) is 72.7 Å². The summed E-state index contributed by atoms with van der Waals surface area (Å²) in [5.41, 5.74) is 3.86. The highest BCUT2D eigenvalue weighted by Gasteiger charge is 2.12. The monoisotopic (exact) mass is 403 g/mol. The summed E-state index contributed by atoms with van der Waals surface area (Å²) in [6, 6.07) is 17.8. The van der Waals surface area contributed by atoms with E-state index in [9.17, 15) is 4.79 Å². The molecular formula is C22H21N5OS. The zero-order valence-electron chi connectivity index (χ0n) is 16.2. The normalized spacial score (nSPS) is 11.1. The molecule has 0 aliphatic rings. The fourth-order valence-corrected chi connectivity index (χ4v) is 3.78. The first-order chi connectivity index (χ1) is 14.1. The van der Waals surface area contributed by atoms with Gasteiger partial charge in [-0.1, -0.05) is 43.8 Å². The lowest BCUT2D eigenvalue weighted by molar-refractivity contribution is -0.113. The molecule has 0 bridgehead atoms. The molecule has 0 saturated heterocycles. The second-order valence-electron chi connectivity index (χ2n) is 6.94. The van der Waals surface area contributed by atoms with Gasteiger partial charge in [-0.05, 0) is 47.9 Å². The van der Waals surface area contributed by atoms with Crippen LogP contribution in [-0.4, -0.2) is 31.4 Å². The first kappa shape index (κ1) is 19.1. The van der Waals surface area contributed by atoms with Gasteiger partial charge in [-0.3, -0.25) is 14.3 Å². The number of anilines is 1. The van der Waals surface area contributed by atoms with E-state index in [-0.39, 0.29) is 11.7 Å². The number of hydrogen-bond acceptors (Lipinski definition) is 5. The lowest BCUT2D eigenvalue weighted by atomic mass is 10.0. The van der Waals surface area contributed by atoms with E-state index in [1.807, 2.05) is 47.0 Å². The number of nitrogens with one attached hydrogen (secondary N) is 1. The minimum Gasteiger partial charge on any atom is -0.325 e. The van der Waals surface area contributed by atoms with Crippen molar-refractivity contribution in [2.24, 2.45) is 0 Å². The van der Waals surface area contributed by atoms with E-state index in [1.54, 1.807) is 12.5 Å². The third kappa shape index (κ3) is 4.30. The van der Waals surface area contributed by atoms with Crippen molar-refractivity contribution in [2.75, 3.05) is 11.1 Å². The molecule has 0 fully saturated rings. The Kier molecular flexibility index (Phi) is 5.57. The van der Waals surface area contributed by atoms with Crippen molar-refractivity contribution >= 4 is 34.3 Å². The maximum absolute atomic E-state index is 12.5. The van der Waals surface area contributed by atoms with Gasteiger partial charge in [-0.25, -0.2) is 0 Å². The van der Waals surface area contributed by atoms with E-state index in [1.165, 1.54) is 17.3 Å². The third-order valence-electron chi connectivity index (χ3n) is 4.61. The Morgan fingerprint density at radius 3 is 2.72 bits per heavy atom. The Labute approximate surface area is 173 Å². The van der Waals surface area contributed by atoms with E-state index in [0.717, 1.165) is 22.3 Å². The first-order valence-electron chi connectivity index (χ1n) is 9.38. The van der Waals surface area contributed by atoms with E-state index >= 15 is 0 Å². The van der Waals surface area contributed by atoms with Crippen molar-refractivity contribution in [3.05, 3.63) is 72.7 Å². The quantitative estimate of drug-likeness (QED) is 0.474. The lowest BCUT2D eigenvalue weighted by Gasteiger charge is -2.10. The maximum Gasteiger partial charge on any atom is 0.234 e. The molecule has 1 N–H and O–H groups in total. The molecule has 7 heteroatoms. The second kappa shape index (κ2) is 8.45. The molecule has 0 spiro atoms. The number of fused-ring (bicyclic) bond motifs is 1. The third-order valence-corrected chi connectivity index (χ3v) is 5.55. The van der Waals surface area contributed by atoms with Crippen molar-refractivity contribution in [2.45, 2.75) is 24.9 Å². The summed E-state index contributed by atoms with van der Waals surface area (Å²) in [6.07, 6.45) is 3.41. The van der Waals surface area contributed by atoms with Crippen LogP contribution in [0.1, 0.15) is 25.3 Å². The molecule has 2 aromatic heterocycles. The summed E-state index contributed by atoms with van der Waals surface area (Å²) in [4.78, 5) is 16.8. The van der Waals surface area contributed by atoms with Gasteiger partial charge >= 0.3 is 0 Å². The Balaban J connectivity index is 1.44. The molecule has 146 valence electrons. The van der Waals surface area contributed by atoms with Gasteiger partial charge in [0.15, 0.2) is 5.16 Å². The predicted molar refractivity (Wildman–Crippen MR) is 117 cm³/mol. The Morgan fingerprint density at radius 2 is 1.93 bits per heavy atom. The summed E-state index contributed by atoms with van der Waals surface area (Å²) in [5, 5.41) is 12.7. The van der Waals surface area contributed by atoms with Crippen LogP contribution in [0.4, 0.5) is 5.69 Å². The molecule has 0 aliphatic carbocycles. The largest absolute Gasteiger partial charge is 0.325 e. The molecule has 4 rings (SSSR count). The number of thioether (sulfide) groups is 1. The van der Waals surface area contributed by atoms with Gasteiger partial charge in [0.1, 0.15) is 6.33 Å². The molecule has 0 atom stereocenters. The highest BCUT2D eigenvalue weighted by Crippen LogP contribution is 2.24. The van der Waals surface area contributed by atoms with Crippen molar-refractivity contribution in [1.82, 2.24) is 19.7 Å². The highest BCUT2D eigenvalue weighted by atomic mass is 32.2. The Hall–Kier alpha value is -3.19. The average molecular weight is 404 g/mol. The molecule has 0 saturated carbocycles. The number of benzene rings is 2. The second-order valence-corrected chi connectivity index (χ2v) is 7.88. The summed E-state index contributed by atoms with van der Waals surface area (Å²) < 4.78 is 1.89. The van der Waals surface area contributed by atoms with Gasteiger partial charge in [-0.15, -0.1) is 10.2 Å². The summed E-state index contributed by atoms with van der Waals surface area (Å²) in [7, 11) is 0. The number of amides is 1. The molecule has 2 aromatic carbocycles. The Morgan fingerprint density at radius 1 is 1.10 bits per heavy atom. The number of carbonyl (C=O) groups is 1. The van der Waals surface area contributed by atoms with Gasteiger partial charge in [0.25, 0.3) is 0 Å². The molecule has 4 aromatic rings. The minimum atomic E-state index is -0.101. The van der Waals surface area contributed by atoms with Gasteiger partial charge in [0, 0.05) is 17.3 Å². The number of nitrogens with zero attached hydrogens (tertiary/aromatic N) is 4. The van der Waals surface area contributed by atoms with Crippen LogP contribution in [0.3, 0.4) is 0 Å². The van der Waals surface area contributed by atoms with Crippen LogP contribution >= 0.6 is 11.8 Å². The molecule has 29 heavy (non-hydrogen) atoms. The first-order valence-corrected chi connectivity index (χ1v) is 10.4. The molecule has 0 aliphatic heterocycles. The van der Waals surface area contributed by atoms with E-state index in [2.05, 4.69) is 46.5 Å². The van der Waals surface area contributed by atoms with Crippen molar-refractivity contribution in [3.63, 3.8) is 0 Å². The van der Waals surface area contributed by atoms with E-state index in [4.69, 9.17) is 0 Å². The Bertz CT molecular complexity index is 1130. The van der Waals surface area contributed by atoms with Gasteiger partial charge in [0.2, 0.25) is 5.91 Å². The van der Waals surface area contributed by atoms with E-state index in [0.29, 0.717) is 11.1 Å². The summed E-state index contributed by atoms with van der Waals surface area (Å²) in [5.74, 6) is 0.613. The van der Waals surface area contributed by atoms with Crippen molar-refractivity contribution in [1.29, 1.82) is 0 Å². The highest BCUT2D eigenvalue weighted by molar-refractivity contribution is 7.99. The van der Waals surface area contributed by atoms with Crippen LogP contribution in [-0.2, 0) is 4.79 Å². The van der Waals surface area contributed by atoms with E-state index < -0.39 is 0 Å².